The van der Waals surface area contributed by atoms with Crippen molar-refractivity contribution in [3.8, 4) is 0 Å². The predicted molar refractivity (Wildman–Crippen MR) is 56.7 cm³/mol. The summed E-state index contributed by atoms with van der Waals surface area (Å²) in [7, 11) is -1.13. The van der Waals surface area contributed by atoms with Crippen LogP contribution in [0.25, 0.3) is 0 Å². The molecular formula is C9H17NO3Si. The normalized spacial score (nSPS) is 10.5. The van der Waals surface area contributed by atoms with E-state index >= 15 is 0 Å². The summed E-state index contributed by atoms with van der Waals surface area (Å²) in [5.74, 6) is -0.290. The first-order valence-corrected chi connectivity index (χ1v) is 8.36. The van der Waals surface area contributed by atoms with E-state index < -0.39 is 8.07 Å². The Morgan fingerprint density at radius 1 is 1.43 bits per heavy atom. The lowest BCUT2D eigenvalue weighted by Gasteiger charge is -2.14. The van der Waals surface area contributed by atoms with Gasteiger partial charge >= 0.3 is 5.97 Å². The van der Waals surface area contributed by atoms with E-state index in [4.69, 9.17) is 4.74 Å². The largest absolute Gasteiger partial charge is 0.466 e. The first kappa shape index (κ1) is 13.1. The molecule has 0 radical (unpaired) electrons. The molecule has 0 N–H and O–H groups in total. The number of aliphatic imine (C=N–C) groups is 1. The number of nitrogens with zero attached hydrogens (tertiary/aromatic N) is 1. The second-order valence-corrected chi connectivity index (χ2v) is 9.88. The molecular weight excluding hydrogens is 198 g/mol. The summed E-state index contributed by atoms with van der Waals surface area (Å²) in [4.78, 5) is 24.0. The van der Waals surface area contributed by atoms with Crippen molar-refractivity contribution in [1.82, 2.24) is 0 Å². The van der Waals surface area contributed by atoms with Gasteiger partial charge in [0.05, 0.1) is 19.6 Å². The molecule has 0 spiro atoms. The van der Waals surface area contributed by atoms with Gasteiger partial charge in [0.2, 0.25) is 6.08 Å². The average Bonchev–Trinajstić information content (AvgIpc) is 2.02. The third-order valence-electron chi connectivity index (χ3n) is 1.61. The van der Waals surface area contributed by atoms with E-state index in [1.807, 2.05) is 0 Å². The molecule has 0 fully saturated rings. The number of ether oxygens (including phenoxy) is 1. The Kier molecular flexibility index (Phi) is 6.08. The van der Waals surface area contributed by atoms with Crippen LogP contribution < -0.4 is 0 Å². The summed E-state index contributed by atoms with van der Waals surface area (Å²) in [5.41, 5.74) is 0. The zero-order valence-corrected chi connectivity index (χ0v) is 10.0. The van der Waals surface area contributed by atoms with Crippen molar-refractivity contribution in [2.45, 2.75) is 32.1 Å². The molecule has 0 atom stereocenters. The van der Waals surface area contributed by atoms with Gasteiger partial charge in [0.1, 0.15) is 0 Å². The molecule has 0 unspecified atom stereocenters. The van der Waals surface area contributed by atoms with Gasteiger partial charge in [-0.15, -0.1) is 0 Å². The fraction of sp³-hybridized carbons (Fsp3) is 0.778. The number of hydrogen-bond acceptors (Lipinski definition) is 4. The van der Waals surface area contributed by atoms with E-state index in [0.29, 0.717) is 6.61 Å². The van der Waals surface area contributed by atoms with Gasteiger partial charge in [0.15, 0.2) is 0 Å². The molecule has 0 saturated heterocycles. The second kappa shape index (κ2) is 6.51. The molecule has 0 bridgehead atoms. The van der Waals surface area contributed by atoms with Crippen LogP contribution >= 0.6 is 0 Å². The van der Waals surface area contributed by atoms with Gasteiger partial charge in [-0.1, -0.05) is 19.6 Å². The van der Waals surface area contributed by atoms with Gasteiger partial charge in [-0.3, -0.25) is 4.79 Å². The highest BCUT2D eigenvalue weighted by atomic mass is 28.3. The molecule has 4 nitrogen and oxygen atoms in total. The number of isocyanates is 1. The first-order chi connectivity index (χ1) is 6.45. The maximum absolute atomic E-state index is 11.0. The molecule has 0 saturated carbocycles. The molecule has 0 aliphatic heterocycles. The Hall–Kier alpha value is -0.933. The van der Waals surface area contributed by atoms with Crippen LogP contribution in [0.4, 0.5) is 0 Å². The molecule has 0 aromatic carbocycles. The van der Waals surface area contributed by atoms with Crippen molar-refractivity contribution < 1.29 is 14.3 Å². The summed E-state index contributed by atoms with van der Waals surface area (Å²) in [6.45, 7) is 7.32. The smallest absolute Gasteiger partial charge is 0.307 e. The van der Waals surface area contributed by atoms with E-state index in [2.05, 4.69) is 24.6 Å². The van der Waals surface area contributed by atoms with E-state index in [1.54, 1.807) is 0 Å². The van der Waals surface area contributed by atoms with Crippen molar-refractivity contribution in [1.29, 1.82) is 0 Å². The summed E-state index contributed by atoms with van der Waals surface area (Å²) < 4.78 is 4.97. The third-order valence-corrected chi connectivity index (χ3v) is 3.31. The van der Waals surface area contributed by atoms with E-state index in [0.717, 1.165) is 6.04 Å². The summed E-state index contributed by atoms with van der Waals surface area (Å²) >= 11 is 0. The minimum Gasteiger partial charge on any atom is -0.466 e. The van der Waals surface area contributed by atoms with E-state index in [-0.39, 0.29) is 18.9 Å². The standard InChI is InChI=1S/C9H17NO3Si/c1-14(2,3)7-6-13-9(12)4-5-10-8-11/h4-7H2,1-3H3. The van der Waals surface area contributed by atoms with Crippen LogP contribution in [-0.2, 0) is 14.3 Å². The minimum atomic E-state index is -1.13. The van der Waals surface area contributed by atoms with Crippen LogP contribution in [0.2, 0.25) is 25.7 Å². The fourth-order valence-corrected chi connectivity index (χ4v) is 1.45. The van der Waals surface area contributed by atoms with Crippen molar-refractivity contribution in [2.75, 3.05) is 13.2 Å². The number of esters is 1. The topological polar surface area (TPSA) is 55.7 Å². The van der Waals surface area contributed by atoms with Crippen LogP contribution in [0.15, 0.2) is 4.99 Å². The Bertz CT molecular complexity index is 229. The first-order valence-electron chi connectivity index (χ1n) is 4.65. The highest BCUT2D eigenvalue weighted by Crippen LogP contribution is 2.07. The van der Waals surface area contributed by atoms with Crippen LogP contribution in [-0.4, -0.2) is 33.3 Å². The molecule has 0 amide bonds. The zero-order chi connectivity index (χ0) is 11.0. The van der Waals surface area contributed by atoms with Crippen molar-refractivity contribution in [3.05, 3.63) is 0 Å². The summed E-state index contributed by atoms with van der Waals surface area (Å²) in [6.07, 6.45) is 1.55. The average molecular weight is 215 g/mol. The highest BCUT2D eigenvalue weighted by molar-refractivity contribution is 6.76. The molecule has 0 aliphatic carbocycles. The van der Waals surface area contributed by atoms with Crippen LogP contribution in [0.1, 0.15) is 6.42 Å². The Morgan fingerprint density at radius 3 is 2.57 bits per heavy atom. The molecule has 5 heteroatoms. The maximum atomic E-state index is 11.0. The molecule has 0 aliphatic rings. The Morgan fingerprint density at radius 2 is 2.07 bits per heavy atom. The number of carbonyl (C=O) groups is 1. The lowest BCUT2D eigenvalue weighted by Crippen LogP contribution is -2.22. The minimum absolute atomic E-state index is 0.168. The number of rotatable bonds is 6. The van der Waals surface area contributed by atoms with Gasteiger partial charge in [-0.05, 0) is 6.04 Å². The molecule has 80 valence electrons. The fourth-order valence-electron chi connectivity index (χ4n) is 0.736. The van der Waals surface area contributed by atoms with Crippen LogP contribution in [0, 0.1) is 0 Å². The summed E-state index contributed by atoms with van der Waals surface area (Å²) in [5, 5.41) is 0. The van der Waals surface area contributed by atoms with E-state index in [9.17, 15) is 9.59 Å². The van der Waals surface area contributed by atoms with Crippen molar-refractivity contribution >= 4 is 20.1 Å². The Balaban J connectivity index is 3.50. The van der Waals surface area contributed by atoms with Crippen LogP contribution in [0.5, 0.6) is 0 Å². The van der Waals surface area contributed by atoms with Gasteiger partial charge in [-0.2, -0.15) is 0 Å². The van der Waals surface area contributed by atoms with Gasteiger partial charge in [0.25, 0.3) is 0 Å². The summed E-state index contributed by atoms with van der Waals surface area (Å²) in [6, 6.07) is 0.968. The lowest BCUT2D eigenvalue weighted by atomic mass is 10.4. The Labute approximate surface area is 85.4 Å². The van der Waals surface area contributed by atoms with Gasteiger partial charge in [0, 0.05) is 8.07 Å². The third kappa shape index (κ3) is 9.16. The van der Waals surface area contributed by atoms with Gasteiger partial charge < -0.3 is 4.74 Å². The molecule has 0 rings (SSSR count). The van der Waals surface area contributed by atoms with Crippen molar-refractivity contribution in [2.24, 2.45) is 4.99 Å². The molecule has 14 heavy (non-hydrogen) atoms. The van der Waals surface area contributed by atoms with Crippen molar-refractivity contribution in [3.63, 3.8) is 0 Å². The predicted octanol–water partition coefficient (Wildman–Crippen LogP) is 1.59. The monoisotopic (exact) mass is 215 g/mol. The highest BCUT2D eigenvalue weighted by Gasteiger charge is 2.13. The lowest BCUT2D eigenvalue weighted by molar-refractivity contribution is -0.142. The quantitative estimate of drug-likeness (QED) is 0.292. The molecule has 0 aromatic heterocycles. The van der Waals surface area contributed by atoms with Crippen LogP contribution in [0.3, 0.4) is 0 Å². The number of carbonyl (C=O) groups excluding carboxylic acids is 2. The SMILES string of the molecule is C[Si](C)(C)CCOC(=O)CCN=C=O. The molecule has 0 aromatic rings. The maximum Gasteiger partial charge on any atom is 0.307 e. The second-order valence-electron chi connectivity index (χ2n) is 4.25. The zero-order valence-electron chi connectivity index (χ0n) is 9.00. The molecule has 0 heterocycles. The number of hydrogen-bond donors (Lipinski definition) is 0. The van der Waals surface area contributed by atoms with E-state index in [1.165, 1.54) is 6.08 Å². The van der Waals surface area contributed by atoms with Gasteiger partial charge in [-0.25, -0.2) is 9.79 Å².